The van der Waals surface area contributed by atoms with Crippen LogP contribution in [0.25, 0.3) is 71.0 Å². The molecule has 224 valence electrons. The molecule has 2 aromatic heterocycles. The molecule has 8 aromatic rings. The summed E-state index contributed by atoms with van der Waals surface area (Å²) in [4.78, 5) is 3.65. The molecule has 0 saturated heterocycles. The Labute approximate surface area is 274 Å². The van der Waals surface area contributed by atoms with Crippen molar-refractivity contribution in [1.82, 2.24) is 9.13 Å². The SMILES string of the molecule is [C-]#[N+]c1ccc(-c2cc(-n3c4cc(C)ccc4c4ccc(C)cc43)c(-n3c4cc(C)ccc4c4ccc(C)cc43)cc2C#N)c(C)c1. The maximum atomic E-state index is 10.7. The van der Waals surface area contributed by atoms with Crippen LogP contribution in [0.2, 0.25) is 0 Å². The zero-order valence-electron chi connectivity index (χ0n) is 27.1. The summed E-state index contributed by atoms with van der Waals surface area (Å²) < 4.78 is 4.74. The van der Waals surface area contributed by atoms with Crippen LogP contribution >= 0.6 is 0 Å². The highest BCUT2D eigenvalue weighted by Gasteiger charge is 2.23. The summed E-state index contributed by atoms with van der Waals surface area (Å²) in [6.45, 7) is 18.1. The van der Waals surface area contributed by atoms with E-state index < -0.39 is 0 Å². The van der Waals surface area contributed by atoms with Crippen LogP contribution in [0.5, 0.6) is 0 Å². The fourth-order valence-corrected chi connectivity index (χ4v) is 7.27. The van der Waals surface area contributed by atoms with Crippen LogP contribution in [-0.4, -0.2) is 9.13 Å². The largest absolute Gasteiger partial charge is 0.307 e. The first kappa shape index (κ1) is 28.4. The molecule has 0 bridgehead atoms. The Bertz CT molecular complexity index is 2580. The van der Waals surface area contributed by atoms with Gasteiger partial charge in [-0.2, -0.15) is 5.26 Å². The Morgan fingerprint density at radius 1 is 0.511 bits per heavy atom. The molecule has 4 heteroatoms. The molecular formula is C43H32N4. The smallest absolute Gasteiger partial charge is 0.187 e. The average molecular weight is 605 g/mol. The van der Waals surface area contributed by atoms with Crippen molar-refractivity contribution in [2.75, 3.05) is 0 Å². The zero-order valence-corrected chi connectivity index (χ0v) is 27.1. The highest BCUT2D eigenvalue weighted by atomic mass is 15.1. The van der Waals surface area contributed by atoms with Crippen LogP contribution in [0.1, 0.15) is 33.4 Å². The lowest BCUT2D eigenvalue weighted by Gasteiger charge is -2.20. The highest BCUT2D eigenvalue weighted by Crippen LogP contribution is 2.42. The lowest BCUT2D eigenvalue weighted by Crippen LogP contribution is -2.06. The monoisotopic (exact) mass is 604 g/mol. The molecule has 4 nitrogen and oxygen atoms in total. The second-order valence-corrected chi connectivity index (χ2v) is 12.9. The molecule has 0 N–H and O–H groups in total. The molecule has 0 saturated carbocycles. The summed E-state index contributed by atoms with van der Waals surface area (Å²) in [7, 11) is 0. The maximum Gasteiger partial charge on any atom is 0.187 e. The van der Waals surface area contributed by atoms with E-state index in [4.69, 9.17) is 6.57 Å². The zero-order chi connectivity index (χ0) is 32.6. The molecule has 0 amide bonds. The van der Waals surface area contributed by atoms with Gasteiger partial charge >= 0.3 is 0 Å². The number of nitrogens with zero attached hydrogens (tertiary/aromatic N) is 4. The first-order valence-electron chi connectivity index (χ1n) is 15.9. The molecule has 2 heterocycles. The Balaban J connectivity index is 1.60. The molecule has 0 aliphatic rings. The predicted molar refractivity (Wildman–Crippen MR) is 195 cm³/mol. The second kappa shape index (κ2) is 10.5. The average Bonchev–Trinajstić information content (AvgIpc) is 3.54. The molecule has 47 heavy (non-hydrogen) atoms. The Kier molecular flexibility index (Phi) is 6.33. The van der Waals surface area contributed by atoms with Crippen molar-refractivity contribution in [3.63, 3.8) is 0 Å². The number of nitriles is 1. The molecule has 0 spiro atoms. The van der Waals surface area contributed by atoms with Crippen molar-refractivity contribution in [3.05, 3.63) is 148 Å². The minimum atomic E-state index is 0.589. The van der Waals surface area contributed by atoms with Gasteiger partial charge in [0.1, 0.15) is 0 Å². The molecule has 0 radical (unpaired) electrons. The van der Waals surface area contributed by atoms with Crippen LogP contribution in [0.3, 0.4) is 0 Å². The Morgan fingerprint density at radius 2 is 0.936 bits per heavy atom. The molecule has 0 aliphatic heterocycles. The Hall–Kier alpha value is -6.10. The van der Waals surface area contributed by atoms with Crippen LogP contribution < -0.4 is 0 Å². The standard InChI is InChI=1S/C43H32N4/c1-25-7-12-33-34-13-8-26(2)18-39(34)46(38(33)17-25)42-22-30(24-44)37(32-16-11-31(45-6)21-29(32)5)23-43(42)47-40-19-27(3)9-14-35(40)36-15-10-28(4)20-41(36)47/h7-23H,1-5H3. The van der Waals surface area contributed by atoms with Crippen LogP contribution in [-0.2, 0) is 0 Å². The molecule has 0 atom stereocenters. The minimum Gasteiger partial charge on any atom is -0.307 e. The quantitative estimate of drug-likeness (QED) is 0.185. The number of rotatable bonds is 3. The molecular weight excluding hydrogens is 573 g/mol. The topological polar surface area (TPSA) is 38.0 Å². The van der Waals surface area contributed by atoms with E-state index in [1.54, 1.807) is 0 Å². The van der Waals surface area contributed by atoms with Gasteiger partial charge in [-0.05, 0) is 98.8 Å². The maximum absolute atomic E-state index is 10.7. The number of benzene rings is 6. The summed E-state index contributed by atoms with van der Waals surface area (Å²) in [5.74, 6) is 0. The first-order valence-corrected chi connectivity index (χ1v) is 15.9. The van der Waals surface area contributed by atoms with Crippen molar-refractivity contribution in [3.8, 4) is 28.6 Å². The molecule has 0 unspecified atom stereocenters. The third-order valence-electron chi connectivity index (χ3n) is 9.50. The van der Waals surface area contributed by atoms with E-state index in [0.717, 1.165) is 50.1 Å². The van der Waals surface area contributed by atoms with Crippen LogP contribution in [0, 0.1) is 52.5 Å². The number of fused-ring (bicyclic) bond motifs is 6. The Morgan fingerprint density at radius 3 is 1.32 bits per heavy atom. The van der Waals surface area contributed by atoms with Gasteiger partial charge in [0, 0.05) is 27.1 Å². The van der Waals surface area contributed by atoms with Crippen LogP contribution in [0.4, 0.5) is 5.69 Å². The molecule has 0 fully saturated rings. The summed E-state index contributed by atoms with van der Waals surface area (Å²) in [5, 5.41) is 15.5. The van der Waals surface area contributed by atoms with E-state index in [1.165, 1.54) is 43.8 Å². The van der Waals surface area contributed by atoms with E-state index in [2.05, 4.69) is 133 Å². The summed E-state index contributed by atoms with van der Waals surface area (Å²) in [6.07, 6.45) is 0. The number of hydrogen-bond acceptors (Lipinski definition) is 1. The molecule has 0 aliphatic carbocycles. The van der Waals surface area contributed by atoms with E-state index in [9.17, 15) is 5.26 Å². The van der Waals surface area contributed by atoms with Crippen molar-refractivity contribution >= 4 is 49.3 Å². The normalized spacial score (nSPS) is 11.5. The van der Waals surface area contributed by atoms with Gasteiger partial charge in [0.05, 0.1) is 51.6 Å². The van der Waals surface area contributed by atoms with E-state index >= 15 is 0 Å². The number of aryl methyl sites for hydroxylation is 5. The highest BCUT2D eigenvalue weighted by molar-refractivity contribution is 6.12. The van der Waals surface area contributed by atoms with Crippen molar-refractivity contribution in [2.45, 2.75) is 34.6 Å². The van der Waals surface area contributed by atoms with Gasteiger partial charge < -0.3 is 9.13 Å². The lowest BCUT2D eigenvalue weighted by molar-refractivity contribution is 1.09. The molecule has 8 rings (SSSR count). The van der Waals surface area contributed by atoms with Gasteiger partial charge in [-0.3, -0.25) is 0 Å². The minimum absolute atomic E-state index is 0.589. The lowest BCUT2D eigenvalue weighted by atomic mass is 9.94. The van der Waals surface area contributed by atoms with Gasteiger partial charge in [-0.15, -0.1) is 0 Å². The van der Waals surface area contributed by atoms with Gasteiger partial charge in [-0.25, -0.2) is 4.85 Å². The fraction of sp³-hybridized carbons (Fsp3) is 0.116. The van der Waals surface area contributed by atoms with E-state index in [-0.39, 0.29) is 0 Å². The van der Waals surface area contributed by atoms with Gasteiger partial charge in [0.25, 0.3) is 0 Å². The van der Waals surface area contributed by atoms with Crippen LogP contribution in [0.15, 0.2) is 103 Å². The van der Waals surface area contributed by atoms with Crippen molar-refractivity contribution < 1.29 is 0 Å². The predicted octanol–water partition coefficient (Wildman–Crippen LogP) is 11.5. The van der Waals surface area contributed by atoms with E-state index in [1.807, 2.05) is 25.1 Å². The van der Waals surface area contributed by atoms with Gasteiger partial charge in [0.15, 0.2) is 5.69 Å². The number of aromatic nitrogens is 2. The van der Waals surface area contributed by atoms with Gasteiger partial charge in [0.2, 0.25) is 0 Å². The fourth-order valence-electron chi connectivity index (χ4n) is 7.27. The first-order chi connectivity index (χ1) is 22.7. The third kappa shape index (κ3) is 4.34. The van der Waals surface area contributed by atoms with Crippen molar-refractivity contribution in [2.24, 2.45) is 0 Å². The summed E-state index contributed by atoms with van der Waals surface area (Å²) in [5.41, 5.74) is 15.0. The van der Waals surface area contributed by atoms with Gasteiger partial charge in [-0.1, -0.05) is 72.3 Å². The molecule has 6 aromatic carbocycles. The summed E-state index contributed by atoms with van der Waals surface area (Å²) >= 11 is 0. The second-order valence-electron chi connectivity index (χ2n) is 12.9. The third-order valence-corrected chi connectivity index (χ3v) is 9.50. The van der Waals surface area contributed by atoms with E-state index in [0.29, 0.717) is 11.3 Å². The number of hydrogen-bond donors (Lipinski definition) is 0. The summed E-state index contributed by atoms with van der Waals surface area (Å²) in [6, 6.07) is 39.2. The van der Waals surface area contributed by atoms with Crippen molar-refractivity contribution in [1.29, 1.82) is 5.26 Å².